The highest BCUT2D eigenvalue weighted by Gasteiger charge is 2.30. The Labute approximate surface area is 347 Å². The number of benzene rings is 1. The van der Waals surface area contributed by atoms with Gasteiger partial charge in [0, 0.05) is 31.9 Å². The van der Waals surface area contributed by atoms with E-state index in [1.54, 1.807) is 30.3 Å². The molecule has 2 aromatic rings. The molecule has 1 aromatic carbocycles. The zero-order chi connectivity index (χ0) is 45.6. The lowest BCUT2D eigenvalue weighted by Crippen LogP contribution is -2.57. The predicted octanol–water partition coefficient (Wildman–Crippen LogP) is -5.71. The van der Waals surface area contributed by atoms with Gasteiger partial charge in [0.05, 0.1) is 37.6 Å². The number of carbonyl (C=O) groups is 11. The smallest absolute Gasteiger partial charge is 0.326 e. The van der Waals surface area contributed by atoms with Crippen LogP contribution in [0.3, 0.4) is 0 Å². The van der Waals surface area contributed by atoms with Crippen molar-refractivity contribution in [3.8, 4) is 0 Å². The van der Waals surface area contributed by atoms with Crippen molar-refractivity contribution in [2.75, 3.05) is 13.1 Å². The fourth-order valence-corrected chi connectivity index (χ4v) is 5.27. The highest BCUT2D eigenvalue weighted by molar-refractivity contribution is 5.97. The summed E-state index contributed by atoms with van der Waals surface area (Å²) >= 11 is 0. The van der Waals surface area contributed by atoms with E-state index in [9.17, 15) is 63.0 Å². The molecule has 0 unspecified atom stereocenters. The fraction of sp³-hybridized carbons (Fsp3) is 0.444. The average Bonchev–Trinajstić information content (AvgIpc) is 3.72. The standard InChI is InChI=1S/C36H50N12O13/c1-18(31(55)48-25(36(60)61)12-20-14-40-17-43-20)44-28(51)15-41-33(57)22(8-10-27(39)50)46-35(59)23(11-19-5-3-2-4-6-19)45-29(52)16-42-34(58)24(13-30(53)54)47-32(56)21(37)7-9-26(38)49/h2-6,14,17-18,21-25H,7-13,15-16,37H2,1H3,(H2,38,49)(H2,39,50)(H,40,43)(H,41,57)(H,42,58)(H,44,51)(H,45,52)(H,46,59)(H,47,56)(H,48,55)(H,53,54)(H,60,61)/t18-,21-,22-,23-,24-,25-/m0/s1. The van der Waals surface area contributed by atoms with Gasteiger partial charge < -0.3 is 69.6 Å². The number of carboxylic acid groups (broad SMARTS) is 2. The van der Waals surface area contributed by atoms with Crippen LogP contribution >= 0.6 is 0 Å². The second-order valence-corrected chi connectivity index (χ2v) is 13.5. The van der Waals surface area contributed by atoms with E-state index in [1.807, 2.05) is 0 Å². The van der Waals surface area contributed by atoms with E-state index in [2.05, 4.69) is 47.2 Å². The molecule has 2 rings (SSSR count). The number of carboxylic acids is 2. The number of imidazole rings is 1. The van der Waals surface area contributed by atoms with Gasteiger partial charge >= 0.3 is 11.9 Å². The maximum Gasteiger partial charge on any atom is 0.326 e. The Bertz CT molecular complexity index is 1890. The number of nitrogens with two attached hydrogens (primary N) is 3. The molecule has 6 atom stereocenters. The number of aliphatic carboxylic acids is 2. The lowest BCUT2D eigenvalue weighted by Gasteiger charge is -2.24. The number of aromatic amines is 1. The van der Waals surface area contributed by atoms with Gasteiger partial charge in [0.25, 0.3) is 0 Å². The number of rotatable bonds is 27. The quantitative estimate of drug-likeness (QED) is 0.0398. The molecule has 0 aliphatic carbocycles. The Morgan fingerprint density at radius 1 is 0.656 bits per heavy atom. The number of hydrogen-bond acceptors (Lipinski definition) is 13. The molecule has 1 heterocycles. The molecule has 0 fully saturated rings. The molecule has 1 aromatic heterocycles. The summed E-state index contributed by atoms with van der Waals surface area (Å²) in [7, 11) is 0. The van der Waals surface area contributed by atoms with E-state index in [-0.39, 0.29) is 32.1 Å². The van der Waals surface area contributed by atoms with Crippen LogP contribution in [0.4, 0.5) is 0 Å². The van der Waals surface area contributed by atoms with E-state index in [1.165, 1.54) is 19.4 Å². The molecule has 0 spiro atoms. The maximum atomic E-state index is 13.7. The van der Waals surface area contributed by atoms with Crippen LogP contribution in [0.2, 0.25) is 0 Å². The first-order valence-corrected chi connectivity index (χ1v) is 18.6. The minimum Gasteiger partial charge on any atom is -0.481 e. The largest absolute Gasteiger partial charge is 0.481 e. The molecule has 25 nitrogen and oxygen atoms in total. The lowest BCUT2D eigenvalue weighted by molar-refractivity contribution is -0.142. The van der Waals surface area contributed by atoms with Gasteiger partial charge in [-0.1, -0.05) is 30.3 Å². The second-order valence-electron chi connectivity index (χ2n) is 13.5. The summed E-state index contributed by atoms with van der Waals surface area (Å²) in [5, 5.41) is 34.8. The number of nitrogens with zero attached hydrogens (tertiary/aromatic N) is 1. The molecule has 332 valence electrons. The molecule has 9 amide bonds. The Hall–Kier alpha value is -7.44. The van der Waals surface area contributed by atoms with Crippen molar-refractivity contribution in [3.05, 3.63) is 54.1 Å². The van der Waals surface area contributed by atoms with Crippen molar-refractivity contribution in [2.45, 2.75) is 88.1 Å². The van der Waals surface area contributed by atoms with Gasteiger partial charge in [0.1, 0.15) is 30.2 Å². The topological polar surface area (TPSA) is 419 Å². The number of nitrogens with one attached hydrogen (secondary N) is 8. The summed E-state index contributed by atoms with van der Waals surface area (Å²) in [6, 6.07) is -0.356. The van der Waals surface area contributed by atoms with Gasteiger partial charge in [-0.2, -0.15) is 0 Å². The molecule has 0 aliphatic heterocycles. The van der Waals surface area contributed by atoms with E-state index >= 15 is 0 Å². The average molecular weight is 859 g/mol. The zero-order valence-electron chi connectivity index (χ0n) is 32.9. The Kier molecular flexibility index (Phi) is 20.5. The third kappa shape index (κ3) is 19.2. The van der Waals surface area contributed by atoms with Crippen LogP contribution in [-0.2, 0) is 65.6 Å². The second kappa shape index (κ2) is 25.1. The van der Waals surface area contributed by atoms with Crippen LogP contribution in [0.5, 0.6) is 0 Å². The third-order valence-electron chi connectivity index (χ3n) is 8.50. The van der Waals surface area contributed by atoms with Crippen molar-refractivity contribution in [1.82, 2.24) is 47.2 Å². The molecular formula is C36H50N12O13. The first-order chi connectivity index (χ1) is 28.7. The Morgan fingerprint density at radius 3 is 1.77 bits per heavy atom. The van der Waals surface area contributed by atoms with Crippen LogP contribution in [0.1, 0.15) is 50.3 Å². The van der Waals surface area contributed by atoms with Crippen molar-refractivity contribution >= 4 is 65.1 Å². The van der Waals surface area contributed by atoms with Gasteiger partial charge in [-0.3, -0.25) is 47.9 Å². The molecule has 0 saturated heterocycles. The summed E-state index contributed by atoms with van der Waals surface area (Å²) in [4.78, 5) is 143. The maximum absolute atomic E-state index is 13.7. The molecule has 61 heavy (non-hydrogen) atoms. The van der Waals surface area contributed by atoms with Crippen molar-refractivity contribution in [3.63, 3.8) is 0 Å². The highest BCUT2D eigenvalue weighted by atomic mass is 16.4. The number of H-pyrrole nitrogens is 1. The lowest BCUT2D eigenvalue weighted by atomic mass is 10.0. The summed E-state index contributed by atoms with van der Waals surface area (Å²) in [5.41, 5.74) is 16.9. The molecule has 0 bridgehead atoms. The van der Waals surface area contributed by atoms with E-state index in [0.29, 0.717) is 11.3 Å². The SMILES string of the molecule is C[C@H](NC(=O)CNC(=O)[C@H](CCC(N)=O)NC(=O)[C@H](Cc1ccccc1)NC(=O)CNC(=O)[C@H](CC(=O)O)NC(=O)[C@@H](N)CCC(N)=O)C(=O)N[C@@H](Cc1c[nH]cn1)C(=O)O. The third-order valence-corrected chi connectivity index (χ3v) is 8.50. The van der Waals surface area contributed by atoms with Crippen molar-refractivity contribution < 1.29 is 63.0 Å². The monoisotopic (exact) mass is 858 g/mol. The Balaban J connectivity index is 2.10. The van der Waals surface area contributed by atoms with Crippen molar-refractivity contribution in [1.29, 1.82) is 0 Å². The van der Waals surface area contributed by atoms with Crippen LogP contribution in [-0.4, -0.2) is 135 Å². The number of carbonyl (C=O) groups excluding carboxylic acids is 9. The molecule has 0 aliphatic rings. The van der Waals surface area contributed by atoms with Gasteiger partial charge in [0.15, 0.2) is 0 Å². The summed E-state index contributed by atoms with van der Waals surface area (Å²) in [6.45, 7) is -0.291. The number of amides is 9. The van der Waals surface area contributed by atoms with Crippen molar-refractivity contribution in [2.24, 2.45) is 17.2 Å². The van der Waals surface area contributed by atoms with Gasteiger partial charge in [-0.25, -0.2) is 9.78 Å². The molecule has 16 N–H and O–H groups in total. The van der Waals surface area contributed by atoms with Crippen LogP contribution in [0.15, 0.2) is 42.9 Å². The molecule has 0 radical (unpaired) electrons. The predicted molar refractivity (Wildman–Crippen MR) is 209 cm³/mol. The highest BCUT2D eigenvalue weighted by Crippen LogP contribution is 2.07. The summed E-state index contributed by atoms with van der Waals surface area (Å²) in [6.07, 6.45) is 0.337. The fourth-order valence-electron chi connectivity index (χ4n) is 5.27. The molecule has 25 heteroatoms. The normalized spacial score (nSPS) is 13.6. The minimum atomic E-state index is -1.70. The van der Waals surface area contributed by atoms with Crippen LogP contribution in [0, 0.1) is 0 Å². The van der Waals surface area contributed by atoms with E-state index < -0.39 is 127 Å². The Morgan fingerprint density at radius 2 is 1.21 bits per heavy atom. The van der Waals surface area contributed by atoms with Crippen LogP contribution < -0.4 is 54.4 Å². The number of hydrogen-bond donors (Lipinski definition) is 13. The first-order valence-electron chi connectivity index (χ1n) is 18.6. The zero-order valence-corrected chi connectivity index (χ0v) is 32.9. The number of primary amides is 2. The van der Waals surface area contributed by atoms with Crippen LogP contribution in [0.25, 0.3) is 0 Å². The van der Waals surface area contributed by atoms with Gasteiger partial charge in [-0.05, 0) is 25.3 Å². The molecular weight excluding hydrogens is 808 g/mol. The first kappa shape index (κ1) is 49.7. The van der Waals surface area contributed by atoms with E-state index in [4.69, 9.17) is 17.2 Å². The number of aromatic nitrogens is 2. The van der Waals surface area contributed by atoms with Gasteiger partial charge in [0.2, 0.25) is 53.2 Å². The summed E-state index contributed by atoms with van der Waals surface area (Å²) < 4.78 is 0. The summed E-state index contributed by atoms with van der Waals surface area (Å²) in [5.74, 6) is -11.1. The minimum absolute atomic E-state index is 0.152. The molecule has 0 saturated carbocycles. The van der Waals surface area contributed by atoms with E-state index in [0.717, 1.165) is 0 Å². The van der Waals surface area contributed by atoms with Gasteiger partial charge in [-0.15, -0.1) is 0 Å².